The van der Waals surface area contributed by atoms with Gasteiger partial charge in [0.2, 0.25) is 5.91 Å². The standard InChI is InChI=1S/C13H24N2O3S/c1-11-4-8-15(9-5-11)13(16)10-19(17,18)12-2-6-14-7-3-12/h11-12,14H,2-10H2,1H3. The Kier molecular flexibility index (Phi) is 4.84. The molecule has 0 atom stereocenters. The van der Waals surface area contributed by atoms with Crippen LogP contribution in [0.1, 0.15) is 32.6 Å². The molecule has 110 valence electrons. The Morgan fingerprint density at radius 2 is 1.74 bits per heavy atom. The van der Waals surface area contributed by atoms with Crippen molar-refractivity contribution in [1.82, 2.24) is 10.2 Å². The van der Waals surface area contributed by atoms with Crippen LogP contribution in [0.25, 0.3) is 0 Å². The van der Waals surface area contributed by atoms with Crippen LogP contribution < -0.4 is 5.32 Å². The number of likely N-dealkylation sites (tertiary alicyclic amines) is 1. The molecule has 2 fully saturated rings. The van der Waals surface area contributed by atoms with Crippen LogP contribution in [0.4, 0.5) is 0 Å². The lowest BCUT2D eigenvalue weighted by atomic mass is 9.99. The number of amides is 1. The molecular weight excluding hydrogens is 264 g/mol. The van der Waals surface area contributed by atoms with E-state index in [2.05, 4.69) is 12.2 Å². The summed E-state index contributed by atoms with van der Waals surface area (Å²) in [4.78, 5) is 13.8. The van der Waals surface area contributed by atoms with Crippen LogP contribution in [0.15, 0.2) is 0 Å². The lowest BCUT2D eigenvalue weighted by molar-refractivity contribution is -0.129. The van der Waals surface area contributed by atoms with Gasteiger partial charge in [0.15, 0.2) is 9.84 Å². The SMILES string of the molecule is CC1CCN(C(=O)CS(=O)(=O)C2CCNCC2)CC1. The summed E-state index contributed by atoms with van der Waals surface area (Å²) in [5.74, 6) is 0.141. The van der Waals surface area contributed by atoms with Crippen molar-refractivity contribution in [2.75, 3.05) is 31.9 Å². The second kappa shape index (κ2) is 6.22. The molecule has 0 unspecified atom stereocenters. The third-order valence-electron chi connectivity index (χ3n) is 4.26. The molecule has 2 aliphatic heterocycles. The molecule has 1 amide bonds. The van der Waals surface area contributed by atoms with Gasteiger partial charge >= 0.3 is 0 Å². The molecule has 0 radical (unpaired) electrons. The summed E-state index contributed by atoms with van der Waals surface area (Å²) in [7, 11) is -3.28. The third-order valence-corrected chi connectivity index (χ3v) is 6.39. The minimum absolute atomic E-state index is 0.203. The number of nitrogens with one attached hydrogen (secondary N) is 1. The molecule has 0 aliphatic carbocycles. The van der Waals surface area contributed by atoms with E-state index < -0.39 is 9.84 Å². The first-order chi connectivity index (χ1) is 8.99. The average Bonchev–Trinajstić information content (AvgIpc) is 2.40. The fourth-order valence-corrected chi connectivity index (χ4v) is 4.51. The highest BCUT2D eigenvalue weighted by Crippen LogP contribution is 2.18. The van der Waals surface area contributed by atoms with Gasteiger partial charge in [0.05, 0.1) is 5.25 Å². The zero-order valence-electron chi connectivity index (χ0n) is 11.6. The minimum atomic E-state index is -3.28. The molecule has 0 aromatic carbocycles. The molecule has 6 heteroatoms. The lowest BCUT2D eigenvalue weighted by Crippen LogP contribution is -2.44. The van der Waals surface area contributed by atoms with Gasteiger partial charge in [-0.15, -0.1) is 0 Å². The predicted octanol–water partition coefficient (Wildman–Crippen LogP) is 0.412. The van der Waals surface area contributed by atoms with E-state index in [1.807, 2.05) is 0 Å². The summed E-state index contributed by atoms with van der Waals surface area (Å²) >= 11 is 0. The summed E-state index contributed by atoms with van der Waals surface area (Å²) in [6.07, 6.45) is 3.23. The molecule has 0 aromatic heterocycles. The number of carbonyl (C=O) groups is 1. The largest absolute Gasteiger partial charge is 0.342 e. The number of sulfone groups is 1. The molecule has 2 aliphatic rings. The Labute approximate surface area is 115 Å². The van der Waals surface area contributed by atoms with Gasteiger partial charge in [0.1, 0.15) is 5.75 Å². The van der Waals surface area contributed by atoms with E-state index in [0.29, 0.717) is 31.8 Å². The first kappa shape index (κ1) is 14.8. The van der Waals surface area contributed by atoms with Gasteiger partial charge in [-0.2, -0.15) is 0 Å². The fourth-order valence-electron chi connectivity index (χ4n) is 2.79. The number of rotatable bonds is 3. The molecule has 2 saturated heterocycles. The van der Waals surface area contributed by atoms with E-state index in [-0.39, 0.29) is 16.9 Å². The Morgan fingerprint density at radius 1 is 1.16 bits per heavy atom. The number of carbonyl (C=O) groups excluding carboxylic acids is 1. The Bertz CT molecular complexity index is 408. The van der Waals surface area contributed by atoms with Crippen LogP contribution >= 0.6 is 0 Å². The number of piperidine rings is 2. The predicted molar refractivity (Wildman–Crippen MR) is 74.7 cm³/mol. The van der Waals surface area contributed by atoms with Crippen LogP contribution in [0, 0.1) is 5.92 Å². The first-order valence-corrected chi connectivity index (χ1v) is 8.90. The van der Waals surface area contributed by atoms with E-state index in [1.165, 1.54) is 0 Å². The molecule has 2 rings (SSSR count). The van der Waals surface area contributed by atoms with Gasteiger partial charge in [-0.25, -0.2) is 8.42 Å². The van der Waals surface area contributed by atoms with Crippen molar-refractivity contribution in [1.29, 1.82) is 0 Å². The van der Waals surface area contributed by atoms with Crippen molar-refractivity contribution >= 4 is 15.7 Å². The fraction of sp³-hybridized carbons (Fsp3) is 0.923. The summed E-state index contributed by atoms with van der Waals surface area (Å²) in [5.41, 5.74) is 0. The van der Waals surface area contributed by atoms with E-state index in [4.69, 9.17) is 0 Å². The van der Waals surface area contributed by atoms with Crippen LogP contribution in [0.2, 0.25) is 0 Å². The molecule has 0 bridgehead atoms. The van der Waals surface area contributed by atoms with E-state index >= 15 is 0 Å². The molecule has 2 heterocycles. The molecule has 1 N–H and O–H groups in total. The minimum Gasteiger partial charge on any atom is -0.342 e. The summed E-state index contributed by atoms with van der Waals surface area (Å²) in [5, 5.41) is 2.82. The van der Waals surface area contributed by atoms with E-state index in [0.717, 1.165) is 25.9 Å². The van der Waals surface area contributed by atoms with Crippen molar-refractivity contribution in [3.8, 4) is 0 Å². The van der Waals surface area contributed by atoms with E-state index in [1.54, 1.807) is 4.90 Å². The normalized spacial score (nSPS) is 23.5. The lowest BCUT2D eigenvalue weighted by Gasteiger charge is -2.31. The Balaban J connectivity index is 1.90. The Hall–Kier alpha value is -0.620. The van der Waals surface area contributed by atoms with Gasteiger partial charge < -0.3 is 10.2 Å². The smallest absolute Gasteiger partial charge is 0.237 e. The first-order valence-electron chi connectivity index (χ1n) is 7.19. The molecular formula is C13H24N2O3S. The summed E-state index contributed by atoms with van der Waals surface area (Å²) in [6, 6.07) is 0. The number of nitrogens with zero attached hydrogens (tertiary/aromatic N) is 1. The van der Waals surface area contributed by atoms with Crippen molar-refractivity contribution in [2.24, 2.45) is 5.92 Å². The van der Waals surface area contributed by atoms with Gasteiger partial charge in [-0.3, -0.25) is 4.79 Å². The summed E-state index contributed by atoms with van der Waals surface area (Å²) < 4.78 is 24.5. The highest BCUT2D eigenvalue weighted by Gasteiger charge is 2.31. The molecule has 0 aromatic rings. The Morgan fingerprint density at radius 3 is 2.32 bits per heavy atom. The van der Waals surface area contributed by atoms with Crippen molar-refractivity contribution in [3.63, 3.8) is 0 Å². The van der Waals surface area contributed by atoms with Crippen LogP contribution in [-0.4, -0.2) is 56.4 Å². The van der Waals surface area contributed by atoms with Gasteiger partial charge in [0.25, 0.3) is 0 Å². The monoisotopic (exact) mass is 288 g/mol. The number of hydrogen-bond donors (Lipinski definition) is 1. The molecule has 0 saturated carbocycles. The van der Waals surface area contributed by atoms with Gasteiger partial charge in [0, 0.05) is 13.1 Å². The second-order valence-electron chi connectivity index (χ2n) is 5.82. The summed E-state index contributed by atoms with van der Waals surface area (Å²) in [6.45, 7) is 5.07. The highest BCUT2D eigenvalue weighted by molar-refractivity contribution is 7.92. The number of hydrogen-bond acceptors (Lipinski definition) is 4. The zero-order chi connectivity index (χ0) is 13.9. The van der Waals surface area contributed by atoms with Gasteiger partial charge in [-0.05, 0) is 44.7 Å². The maximum atomic E-state index is 12.2. The molecule has 5 nitrogen and oxygen atoms in total. The van der Waals surface area contributed by atoms with E-state index in [9.17, 15) is 13.2 Å². The highest BCUT2D eigenvalue weighted by atomic mass is 32.2. The molecule has 0 spiro atoms. The van der Waals surface area contributed by atoms with Gasteiger partial charge in [-0.1, -0.05) is 6.92 Å². The second-order valence-corrected chi connectivity index (χ2v) is 8.10. The molecule has 19 heavy (non-hydrogen) atoms. The quantitative estimate of drug-likeness (QED) is 0.817. The van der Waals surface area contributed by atoms with Crippen molar-refractivity contribution < 1.29 is 13.2 Å². The van der Waals surface area contributed by atoms with Crippen LogP contribution in [0.5, 0.6) is 0 Å². The van der Waals surface area contributed by atoms with Crippen molar-refractivity contribution in [3.05, 3.63) is 0 Å². The van der Waals surface area contributed by atoms with Crippen LogP contribution in [0.3, 0.4) is 0 Å². The third kappa shape index (κ3) is 3.92. The average molecular weight is 288 g/mol. The maximum Gasteiger partial charge on any atom is 0.237 e. The maximum absolute atomic E-state index is 12.2. The zero-order valence-corrected chi connectivity index (χ0v) is 12.4. The van der Waals surface area contributed by atoms with Crippen LogP contribution in [-0.2, 0) is 14.6 Å². The topological polar surface area (TPSA) is 66.5 Å². The van der Waals surface area contributed by atoms with Crippen molar-refractivity contribution in [2.45, 2.75) is 37.9 Å².